The Balaban J connectivity index is 1.42. The van der Waals surface area contributed by atoms with Crippen LogP contribution in [0.5, 0.6) is 0 Å². The molecule has 2 atom stereocenters. The van der Waals surface area contributed by atoms with E-state index >= 15 is 8.78 Å². The van der Waals surface area contributed by atoms with Gasteiger partial charge in [0, 0.05) is 31.8 Å². The smallest absolute Gasteiger partial charge is 0.414 e. The van der Waals surface area contributed by atoms with E-state index in [0.29, 0.717) is 0 Å². The van der Waals surface area contributed by atoms with E-state index in [0.717, 1.165) is 22.1 Å². The van der Waals surface area contributed by atoms with Crippen LogP contribution in [0, 0.1) is 17.0 Å². The first-order chi connectivity index (χ1) is 17.0. The average Bonchev–Trinajstić information content (AvgIpc) is 3.59. The summed E-state index contributed by atoms with van der Waals surface area (Å²) in [4.78, 5) is 42.3. The molecule has 3 fully saturated rings. The summed E-state index contributed by atoms with van der Waals surface area (Å²) in [6.45, 7) is -0.672. The Morgan fingerprint density at radius 1 is 1.17 bits per heavy atom. The maximum atomic E-state index is 15.0. The van der Waals surface area contributed by atoms with Crippen LogP contribution in [0.2, 0.25) is 0 Å². The quantitative estimate of drug-likeness (QED) is 0.428. The molecule has 4 rings (SSSR count). The number of carboxylic acid groups (broad SMARTS) is 1. The summed E-state index contributed by atoms with van der Waals surface area (Å²) in [6, 6.07) is 1.84. The third kappa shape index (κ3) is 5.03. The number of carbonyl (C=O) groups excluding carboxylic acids is 2. The first-order valence-electron chi connectivity index (χ1n) is 11.1. The fourth-order valence-electron chi connectivity index (χ4n) is 4.21. The van der Waals surface area contributed by atoms with Gasteiger partial charge in [-0.3, -0.25) is 19.3 Å². The van der Waals surface area contributed by atoms with Gasteiger partial charge in [-0.25, -0.2) is 13.6 Å². The van der Waals surface area contributed by atoms with Crippen LogP contribution < -0.4 is 15.1 Å². The van der Waals surface area contributed by atoms with Gasteiger partial charge in [0.25, 0.3) is 5.91 Å². The fraction of sp³-hybridized carbons (Fsp3) is 0.571. The number of hydroxylamine groups is 2. The van der Waals surface area contributed by atoms with E-state index in [1.807, 2.05) is 5.32 Å². The molecule has 36 heavy (non-hydrogen) atoms. The Morgan fingerprint density at radius 2 is 1.83 bits per heavy atom. The predicted octanol–water partition coefficient (Wildman–Crippen LogP) is 0.908. The first kappa shape index (κ1) is 25.9. The zero-order valence-electron chi connectivity index (χ0n) is 18.8. The SMILES string of the molecule is O=C(NC[C@H]1CN(c2cc(F)c(N3CCON(C(O)C4(C(=O)O)CC4)CC3)c(F)c2)C(=O)O1)C(F)F. The first-order valence-corrected chi connectivity index (χ1v) is 11.1. The topological polar surface area (TPSA) is 132 Å². The average molecular weight is 520 g/mol. The van der Waals surface area contributed by atoms with Crippen molar-refractivity contribution < 1.29 is 51.7 Å². The number of aliphatic hydroxyl groups is 1. The summed E-state index contributed by atoms with van der Waals surface area (Å²) in [5.41, 5.74) is -1.88. The highest BCUT2D eigenvalue weighted by Crippen LogP contribution is 2.50. The highest BCUT2D eigenvalue weighted by molar-refractivity contribution is 5.90. The van der Waals surface area contributed by atoms with E-state index in [4.69, 9.17) is 9.57 Å². The Kier molecular flexibility index (Phi) is 7.24. The number of cyclic esters (lactones) is 1. The lowest BCUT2D eigenvalue weighted by Crippen LogP contribution is -2.46. The number of ether oxygens (including phenoxy) is 1. The molecule has 2 aliphatic heterocycles. The molecule has 1 aromatic rings. The molecule has 2 heterocycles. The van der Waals surface area contributed by atoms with Crippen LogP contribution in [-0.4, -0.2) is 91.3 Å². The minimum Gasteiger partial charge on any atom is -0.481 e. The molecule has 1 aromatic carbocycles. The van der Waals surface area contributed by atoms with Crippen molar-refractivity contribution in [2.24, 2.45) is 5.41 Å². The van der Waals surface area contributed by atoms with Crippen LogP contribution in [0.4, 0.5) is 33.7 Å². The summed E-state index contributed by atoms with van der Waals surface area (Å²) < 4.78 is 59.6. The summed E-state index contributed by atoms with van der Waals surface area (Å²) in [5, 5.41) is 22.9. The van der Waals surface area contributed by atoms with Gasteiger partial charge in [0.1, 0.15) is 23.4 Å². The number of rotatable bonds is 8. The van der Waals surface area contributed by atoms with Crippen molar-refractivity contribution in [1.82, 2.24) is 10.4 Å². The normalized spacial score (nSPS) is 22.8. The monoisotopic (exact) mass is 520 g/mol. The van der Waals surface area contributed by atoms with Gasteiger partial charge in [-0.1, -0.05) is 0 Å². The van der Waals surface area contributed by atoms with E-state index in [2.05, 4.69) is 0 Å². The summed E-state index contributed by atoms with van der Waals surface area (Å²) in [5.74, 6) is -4.67. The number of nitrogens with one attached hydrogen (secondary N) is 1. The van der Waals surface area contributed by atoms with E-state index in [9.17, 15) is 33.4 Å². The van der Waals surface area contributed by atoms with Gasteiger partial charge in [0.15, 0.2) is 11.6 Å². The summed E-state index contributed by atoms with van der Waals surface area (Å²) in [7, 11) is 0. The minimum atomic E-state index is -3.24. The number of alkyl halides is 2. The van der Waals surface area contributed by atoms with Crippen LogP contribution in [0.3, 0.4) is 0 Å². The number of carboxylic acids is 1. The Labute approximate surface area is 202 Å². The number of benzene rings is 1. The van der Waals surface area contributed by atoms with Gasteiger partial charge in [-0.05, 0) is 12.8 Å². The van der Waals surface area contributed by atoms with Crippen molar-refractivity contribution in [1.29, 1.82) is 0 Å². The molecule has 11 nitrogen and oxygen atoms in total. The number of hydrogen-bond donors (Lipinski definition) is 3. The summed E-state index contributed by atoms with van der Waals surface area (Å²) >= 11 is 0. The van der Waals surface area contributed by atoms with Crippen molar-refractivity contribution in [3.8, 4) is 0 Å². The van der Waals surface area contributed by atoms with Gasteiger partial charge in [-0.15, -0.1) is 0 Å². The lowest BCUT2D eigenvalue weighted by Gasteiger charge is -2.29. The van der Waals surface area contributed by atoms with Gasteiger partial charge in [-0.2, -0.15) is 13.8 Å². The maximum Gasteiger partial charge on any atom is 0.414 e. The van der Waals surface area contributed by atoms with E-state index < -0.39 is 66.0 Å². The number of hydrogen-bond acceptors (Lipinski definition) is 8. The van der Waals surface area contributed by atoms with Gasteiger partial charge in [0.2, 0.25) is 0 Å². The number of carbonyl (C=O) groups is 3. The van der Waals surface area contributed by atoms with Crippen molar-refractivity contribution in [3.63, 3.8) is 0 Å². The third-order valence-corrected chi connectivity index (χ3v) is 6.40. The molecule has 3 aliphatic rings. The fourth-order valence-corrected chi connectivity index (χ4v) is 4.21. The molecule has 2 amide bonds. The van der Waals surface area contributed by atoms with E-state index in [1.165, 1.54) is 4.90 Å². The molecule has 0 radical (unpaired) electrons. The molecular weight excluding hydrogens is 496 g/mol. The maximum absolute atomic E-state index is 15.0. The van der Waals surface area contributed by atoms with Crippen LogP contribution in [0.25, 0.3) is 0 Å². The Morgan fingerprint density at radius 3 is 2.42 bits per heavy atom. The van der Waals surface area contributed by atoms with Crippen LogP contribution >= 0.6 is 0 Å². The molecule has 15 heteroatoms. The molecular formula is C21H24F4N4O7. The largest absolute Gasteiger partial charge is 0.481 e. The van der Waals surface area contributed by atoms with Crippen molar-refractivity contribution >= 4 is 29.3 Å². The highest BCUT2D eigenvalue weighted by Gasteiger charge is 2.58. The zero-order chi connectivity index (χ0) is 26.2. The van der Waals surface area contributed by atoms with Gasteiger partial charge in [0.05, 0.1) is 25.4 Å². The molecule has 1 unspecified atom stereocenters. The number of halogens is 4. The molecule has 0 bridgehead atoms. The van der Waals surface area contributed by atoms with Crippen molar-refractivity contribution in [3.05, 3.63) is 23.8 Å². The molecule has 3 N–H and O–H groups in total. The Hall–Kier alpha value is -3.17. The number of aliphatic carboxylic acids is 1. The predicted molar refractivity (Wildman–Crippen MR) is 113 cm³/mol. The summed E-state index contributed by atoms with van der Waals surface area (Å²) in [6.07, 6.45) is -6.02. The lowest BCUT2D eigenvalue weighted by molar-refractivity contribution is -0.251. The number of nitrogens with zero attached hydrogens (tertiary/aromatic N) is 3. The molecule has 198 valence electrons. The molecule has 2 saturated heterocycles. The van der Waals surface area contributed by atoms with Gasteiger partial charge < -0.3 is 25.2 Å². The van der Waals surface area contributed by atoms with Crippen LogP contribution in [0.1, 0.15) is 12.8 Å². The number of anilines is 2. The second kappa shape index (κ2) is 10.1. The van der Waals surface area contributed by atoms with E-state index in [1.54, 1.807) is 0 Å². The lowest BCUT2D eigenvalue weighted by atomic mass is 10.1. The molecule has 1 aliphatic carbocycles. The van der Waals surface area contributed by atoms with Crippen molar-refractivity contribution in [2.45, 2.75) is 31.6 Å². The highest BCUT2D eigenvalue weighted by atomic mass is 19.3. The zero-order valence-corrected chi connectivity index (χ0v) is 18.8. The molecule has 0 spiro atoms. The van der Waals surface area contributed by atoms with Gasteiger partial charge >= 0.3 is 18.5 Å². The second-order valence-electron chi connectivity index (χ2n) is 8.72. The number of amides is 2. The molecule has 1 saturated carbocycles. The third-order valence-electron chi connectivity index (χ3n) is 6.40. The number of aliphatic hydroxyl groups excluding tert-OH is 1. The second-order valence-corrected chi connectivity index (χ2v) is 8.72. The Bertz CT molecular complexity index is 1020. The minimum absolute atomic E-state index is 0.0115. The van der Waals surface area contributed by atoms with Crippen molar-refractivity contribution in [2.75, 3.05) is 49.1 Å². The van der Waals surface area contributed by atoms with Crippen LogP contribution in [-0.2, 0) is 19.2 Å². The van der Waals surface area contributed by atoms with Crippen LogP contribution in [0.15, 0.2) is 12.1 Å². The standard InChI is InChI=1S/C21H24F4N4O7/c22-13-7-11(28-10-12(36-20(28)34)9-26-17(30)16(24)25)8-14(23)15(13)27-3-4-29(35-6-5-27)18(31)21(1-2-21)19(32)33/h7-8,12,16,18,31H,1-6,9-10H2,(H,26,30)(H,32,33)/t12-,18?/m0/s1. The van der Waals surface area contributed by atoms with E-state index in [-0.39, 0.29) is 51.3 Å². The molecule has 0 aromatic heterocycles.